The van der Waals surface area contributed by atoms with Gasteiger partial charge in [-0.3, -0.25) is 4.90 Å². The molecule has 5 rings (SSSR count). The molecule has 0 aromatic heterocycles. The van der Waals surface area contributed by atoms with E-state index in [0.717, 1.165) is 53.1 Å². The molecule has 1 aromatic rings. The van der Waals surface area contributed by atoms with Gasteiger partial charge >= 0.3 is 0 Å². The Morgan fingerprint density at radius 1 is 1.33 bits per heavy atom. The van der Waals surface area contributed by atoms with Gasteiger partial charge in [0.25, 0.3) is 0 Å². The molecule has 1 aromatic carbocycles. The molecular weight excluding hydrogens is 444 g/mol. The quantitative estimate of drug-likeness (QED) is 0.494. The molecule has 0 N–H and O–H groups in total. The van der Waals surface area contributed by atoms with Crippen molar-refractivity contribution in [3.63, 3.8) is 0 Å². The molecule has 4 atom stereocenters. The lowest BCUT2D eigenvalue weighted by molar-refractivity contribution is -0.922. The number of hydrogen-bond acceptors (Lipinski definition) is 4. The molecule has 1 spiro atoms. The van der Waals surface area contributed by atoms with Crippen LogP contribution in [0.15, 0.2) is 22.7 Å². The first-order valence-corrected chi connectivity index (χ1v) is 12.2. The molecule has 30 heavy (non-hydrogen) atoms. The highest BCUT2D eigenvalue weighted by Gasteiger charge is 2.54. The summed E-state index contributed by atoms with van der Waals surface area (Å²) in [7, 11) is 4.11. The van der Waals surface area contributed by atoms with Crippen molar-refractivity contribution in [2.45, 2.75) is 56.3 Å². The van der Waals surface area contributed by atoms with E-state index in [1.54, 1.807) is 7.11 Å². The maximum atomic E-state index is 12.3. The second kappa shape index (κ2) is 7.80. The first-order chi connectivity index (χ1) is 14.4. The van der Waals surface area contributed by atoms with Crippen molar-refractivity contribution in [1.82, 2.24) is 4.90 Å². The molecule has 0 bridgehead atoms. The number of hydrogen-bond donors (Lipinski definition) is 0. The summed E-state index contributed by atoms with van der Waals surface area (Å²) < 4.78 is 14.3. The van der Waals surface area contributed by atoms with E-state index in [0.29, 0.717) is 6.42 Å². The van der Waals surface area contributed by atoms with Crippen molar-refractivity contribution in [1.29, 1.82) is 0 Å². The second-order valence-corrected chi connectivity index (χ2v) is 10.8. The van der Waals surface area contributed by atoms with Crippen LogP contribution in [0, 0.1) is 0 Å². The first kappa shape index (κ1) is 20.8. The van der Waals surface area contributed by atoms with Crippen LogP contribution in [-0.2, 0) is 12.0 Å². The molecule has 0 saturated carbocycles. The summed E-state index contributed by atoms with van der Waals surface area (Å²) in [4.78, 5) is 2.64. The smallest absolute Gasteiger partial charge is 0.166 e. The highest BCUT2D eigenvalue weighted by Crippen LogP contribution is 2.57. The maximum Gasteiger partial charge on any atom is 0.166 e. The van der Waals surface area contributed by atoms with Gasteiger partial charge in [-0.05, 0) is 38.4 Å². The summed E-state index contributed by atoms with van der Waals surface area (Å²) in [5.74, 6) is 1.64. The van der Waals surface area contributed by atoms with Crippen LogP contribution in [0.3, 0.4) is 0 Å². The molecule has 1 fully saturated rings. The van der Waals surface area contributed by atoms with E-state index in [4.69, 9.17) is 9.47 Å². The Balaban J connectivity index is 1.52. The van der Waals surface area contributed by atoms with E-state index in [-0.39, 0.29) is 11.5 Å². The van der Waals surface area contributed by atoms with E-state index in [1.165, 1.54) is 43.5 Å². The lowest BCUT2D eigenvalue weighted by Crippen LogP contribution is -2.51. The van der Waals surface area contributed by atoms with Crippen LogP contribution >= 0.6 is 15.9 Å². The Labute approximate surface area is 188 Å². The van der Waals surface area contributed by atoms with Gasteiger partial charge in [0.2, 0.25) is 0 Å². The summed E-state index contributed by atoms with van der Waals surface area (Å²) in [5, 5.41) is 12.3. The topological polar surface area (TPSA) is 44.8 Å². The van der Waals surface area contributed by atoms with Gasteiger partial charge in [0.15, 0.2) is 11.5 Å². The van der Waals surface area contributed by atoms with Gasteiger partial charge in [0.1, 0.15) is 12.6 Å². The third-order valence-corrected chi connectivity index (χ3v) is 8.59. The third-order valence-electron chi connectivity index (χ3n) is 7.88. The number of rotatable bonds is 4. The minimum absolute atomic E-state index is 0.0874. The normalized spacial score (nSPS) is 35.3. The molecule has 164 valence electrons. The van der Waals surface area contributed by atoms with Crippen LogP contribution in [0.1, 0.15) is 43.2 Å². The molecule has 1 saturated heterocycles. The molecule has 2 unspecified atom stereocenters. The summed E-state index contributed by atoms with van der Waals surface area (Å²) >= 11 is 3.86. The van der Waals surface area contributed by atoms with E-state index in [2.05, 4.69) is 40.0 Å². The van der Waals surface area contributed by atoms with Gasteiger partial charge in [0, 0.05) is 28.6 Å². The molecule has 0 radical (unpaired) electrons. The predicted molar refractivity (Wildman–Crippen MR) is 119 cm³/mol. The highest BCUT2D eigenvalue weighted by molar-refractivity contribution is 9.10. The Kier molecular flexibility index (Phi) is 5.41. The van der Waals surface area contributed by atoms with E-state index in [9.17, 15) is 5.11 Å². The number of quaternary nitrogens is 1. The van der Waals surface area contributed by atoms with Crippen molar-refractivity contribution >= 4 is 15.9 Å². The average molecular weight is 477 g/mol. The number of benzene rings is 1. The SMILES string of the molecule is COc1cc(Br)c2c3c1O[C@H]1C[C@@H]([O-])C=CC31CC[N+](C)(CCN1CCCCC1)C2. The zero-order chi connectivity index (χ0) is 20.9. The Bertz CT molecular complexity index is 853. The molecule has 4 aliphatic rings. The maximum absolute atomic E-state index is 12.3. The number of ether oxygens (including phenoxy) is 2. The standard InChI is InChI=1S/C24H33BrN2O3/c1-27(13-11-26-9-4-3-5-10-26)12-8-24-7-6-17(28)14-21(24)30-23-20(29-2)15-19(25)18(16-27)22(23)24/h6-7,15,17,21H,3-5,8-14,16H2,1-2H3/t17-,21-,24?,27?/m0/s1. The lowest BCUT2D eigenvalue weighted by atomic mass is 9.69. The number of likely N-dealkylation sites (N-methyl/N-ethyl adjacent to an activating group) is 1. The van der Waals surface area contributed by atoms with Crippen LogP contribution in [-0.4, -0.2) is 68.5 Å². The van der Waals surface area contributed by atoms with Gasteiger partial charge in [-0.2, -0.15) is 0 Å². The zero-order valence-corrected chi connectivity index (χ0v) is 19.7. The van der Waals surface area contributed by atoms with Gasteiger partial charge in [-0.1, -0.05) is 28.4 Å². The summed E-state index contributed by atoms with van der Waals surface area (Å²) in [5.41, 5.74) is 2.40. The van der Waals surface area contributed by atoms with Crippen LogP contribution in [0.2, 0.25) is 0 Å². The third kappa shape index (κ3) is 3.40. The summed E-state index contributed by atoms with van der Waals surface area (Å²) in [6, 6.07) is 2.05. The fraction of sp³-hybridized carbons (Fsp3) is 0.667. The molecule has 0 amide bonds. The number of methoxy groups -OCH3 is 1. The van der Waals surface area contributed by atoms with Crippen molar-refractivity contribution in [3.8, 4) is 11.5 Å². The van der Waals surface area contributed by atoms with E-state index < -0.39 is 6.10 Å². The predicted octanol–water partition coefficient (Wildman–Crippen LogP) is 2.98. The monoisotopic (exact) mass is 476 g/mol. The van der Waals surface area contributed by atoms with Crippen LogP contribution < -0.4 is 14.6 Å². The molecule has 5 nitrogen and oxygen atoms in total. The number of likely N-dealkylation sites (tertiary alicyclic amines) is 1. The van der Waals surface area contributed by atoms with E-state index >= 15 is 0 Å². The fourth-order valence-electron chi connectivity index (χ4n) is 6.03. The Morgan fingerprint density at radius 2 is 2.13 bits per heavy atom. The van der Waals surface area contributed by atoms with Gasteiger partial charge in [-0.15, -0.1) is 12.2 Å². The Morgan fingerprint density at radius 3 is 2.90 bits per heavy atom. The Hall–Kier alpha value is -1.08. The lowest BCUT2D eigenvalue weighted by Gasteiger charge is -2.40. The van der Waals surface area contributed by atoms with Crippen LogP contribution in [0.4, 0.5) is 0 Å². The summed E-state index contributed by atoms with van der Waals surface area (Å²) in [6.07, 6.45) is 8.88. The molecule has 3 aliphatic heterocycles. The van der Waals surface area contributed by atoms with Gasteiger partial charge in [-0.25, -0.2) is 0 Å². The van der Waals surface area contributed by atoms with E-state index in [1.807, 2.05) is 6.08 Å². The largest absolute Gasteiger partial charge is 0.849 e. The van der Waals surface area contributed by atoms with Crippen LogP contribution in [0.25, 0.3) is 0 Å². The highest BCUT2D eigenvalue weighted by atomic mass is 79.9. The average Bonchev–Trinajstić information content (AvgIpc) is 3.01. The zero-order valence-electron chi connectivity index (χ0n) is 18.2. The fourth-order valence-corrected chi connectivity index (χ4v) is 6.56. The van der Waals surface area contributed by atoms with Crippen molar-refractivity contribution in [3.05, 3.63) is 33.8 Å². The number of halogens is 1. The molecule has 6 heteroatoms. The minimum Gasteiger partial charge on any atom is -0.849 e. The number of piperidine rings is 1. The first-order valence-electron chi connectivity index (χ1n) is 11.4. The minimum atomic E-state index is -0.684. The van der Waals surface area contributed by atoms with Crippen molar-refractivity contribution < 1.29 is 19.1 Å². The van der Waals surface area contributed by atoms with Crippen molar-refractivity contribution in [2.75, 3.05) is 46.9 Å². The summed E-state index contributed by atoms with van der Waals surface area (Å²) in [6.45, 7) is 6.88. The second-order valence-electron chi connectivity index (χ2n) is 9.90. The molecular formula is C24H33BrN2O3. The van der Waals surface area contributed by atoms with Gasteiger partial charge < -0.3 is 19.1 Å². The molecule has 3 heterocycles. The number of nitrogens with zero attached hydrogens (tertiary/aromatic N) is 2. The van der Waals surface area contributed by atoms with Gasteiger partial charge in [0.05, 0.1) is 32.7 Å². The van der Waals surface area contributed by atoms with Crippen molar-refractivity contribution in [2.24, 2.45) is 0 Å². The molecule has 1 aliphatic carbocycles. The van der Waals surface area contributed by atoms with Crippen LogP contribution in [0.5, 0.6) is 11.5 Å².